The second-order valence-electron chi connectivity index (χ2n) is 5.79. The second-order valence-corrected chi connectivity index (χ2v) is 5.79. The smallest absolute Gasteiger partial charge is 0.331 e. The fraction of sp³-hybridized carbons (Fsp3) is 0.316. The summed E-state index contributed by atoms with van der Waals surface area (Å²) in [6.07, 6.45) is 0.368. The average molecular weight is 356 g/mol. The number of carbonyl (C=O) groups is 2. The fourth-order valence-electron chi connectivity index (χ4n) is 2.23. The summed E-state index contributed by atoms with van der Waals surface area (Å²) in [7, 11) is 1.27. The lowest BCUT2D eigenvalue weighted by Crippen LogP contribution is -2.52. The van der Waals surface area contributed by atoms with Gasteiger partial charge in [-0.05, 0) is 37.6 Å². The van der Waals surface area contributed by atoms with E-state index in [4.69, 9.17) is 19.2 Å². The Morgan fingerprint density at radius 2 is 2.00 bits per heavy atom. The monoisotopic (exact) mass is 356 g/mol. The van der Waals surface area contributed by atoms with Crippen LogP contribution in [0.3, 0.4) is 0 Å². The molecule has 2 aromatic rings. The van der Waals surface area contributed by atoms with Gasteiger partial charge in [-0.2, -0.15) is 5.26 Å². The summed E-state index contributed by atoms with van der Waals surface area (Å²) in [5.41, 5.74) is -0.727. The topological polar surface area (TPSA) is 102 Å². The predicted octanol–water partition coefficient (Wildman–Crippen LogP) is 2.80. The maximum atomic E-state index is 12.3. The van der Waals surface area contributed by atoms with Crippen LogP contribution in [0.25, 0.3) is 0 Å². The molecule has 0 radical (unpaired) electrons. The Labute approximate surface area is 151 Å². The van der Waals surface area contributed by atoms with Crippen molar-refractivity contribution in [1.29, 1.82) is 5.26 Å². The van der Waals surface area contributed by atoms with E-state index in [0.29, 0.717) is 23.5 Å². The fourth-order valence-corrected chi connectivity index (χ4v) is 2.23. The molecule has 0 unspecified atom stereocenters. The normalized spacial score (nSPS) is 12.5. The van der Waals surface area contributed by atoms with Gasteiger partial charge in [-0.25, -0.2) is 4.79 Å². The van der Waals surface area contributed by atoms with E-state index in [1.807, 2.05) is 6.07 Å². The highest BCUT2D eigenvalue weighted by Crippen LogP contribution is 2.19. The Hall–Kier alpha value is -3.27. The summed E-state index contributed by atoms with van der Waals surface area (Å²) in [6.45, 7) is 3.42. The minimum absolute atomic E-state index is 0.0562. The zero-order chi connectivity index (χ0) is 19.2. The Balaban J connectivity index is 2.04. The summed E-state index contributed by atoms with van der Waals surface area (Å²) in [5, 5.41) is 11.7. The first-order valence-corrected chi connectivity index (χ1v) is 8.05. The van der Waals surface area contributed by atoms with Gasteiger partial charge in [0, 0.05) is 0 Å². The summed E-state index contributed by atoms with van der Waals surface area (Å²) in [4.78, 5) is 24.2. The van der Waals surface area contributed by atoms with E-state index in [-0.39, 0.29) is 12.4 Å². The van der Waals surface area contributed by atoms with E-state index in [1.54, 1.807) is 44.2 Å². The standard InChI is InChI=1S/C19H20N2O5/c1-4-19(2,18(23)24-3)21-17(22)16-10-9-14(26-16)12-25-15-8-6-5-7-13(15)11-20/h5-10H,4,12H2,1-3H3,(H,21,22)/t19-/m0/s1. The largest absolute Gasteiger partial charge is 0.484 e. The van der Waals surface area contributed by atoms with Gasteiger partial charge in [-0.3, -0.25) is 4.79 Å². The first kappa shape index (κ1) is 19.1. The number of benzene rings is 1. The van der Waals surface area contributed by atoms with E-state index in [2.05, 4.69) is 5.32 Å². The number of nitrogens with zero attached hydrogens (tertiary/aromatic N) is 1. The molecule has 26 heavy (non-hydrogen) atoms. The lowest BCUT2D eigenvalue weighted by molar-refractivity contribution is -0.147. The van der Waals surface area contributed by atoms with Crippen LogP contribution in [0.4, 0.5) is 0 Å². The third-order valence-electron chi connectivity index (χ3n) is 4.00. The molecule has 1 atom stereocenters. The third kappa shape index (κ3) is 4.22. The van der Waals surface area contributed by atoms with Crippen molar-refractivity contribution < 1.29 is 23.5 Å². The molecule has 1 N–H and O–H groups in total. The molecule has 7 heteroatoms. The van der Waals surface area contributed by atoms with Gasteiger partial charge in [-0.15, -0.1) is 0 Å². The van der Waals surface area contributed by atoms with Gasteiger partial charge in [0.15, 0.2) is 5.76 Å². The zero-order valence-corrected chi connectivity index (χ0v) is 14.9. The van der Waals surface area contributed by atoms with Gasteiger partial charge in [0.1, 0.15) is 29.7 Å². The van der Waals surface area contributed by atoms with Crippen LogP contribution in [-0.4, -0.2) is 24.5 Å². The van der Waals surface area contributed by atoms with Crippen molar-refractivity contribution in [2.75, 3.05) is 7.11 Å². The predicted molar refractivity (Wildman–Crippen MR) is 92.4 cm³/mol. The molecule has 0 bridgehead atoms. The number of nitrogens with one attached hydrogen (secondary N) is 1. The highest BCUT2D eigenvalue weighted by Gasteiger charge is 2.35. The van der Waals surface area contributed by atoms with Crippen LogP contribution < -0.4 is 10.1 Å². The van der Waals surface area contributed by atoms with Crippen molar-refractivity contribution in [3.63, 3.8) is 0 Å². The molecule has 0 saturated heterocycles. The van der Waals surface area contributed by atoms with Crippen LogP contribution in [0.5, 0.6) is 5.75 Å². The van der Waals surface area contributed by atoms with Crippen molar-refractivity contribution in [3.8, 4) is 11.8 Å². The van der Waals surface area contributed by atoms with Crippen molar-refractivity contribution in [2.45, 2.75) is 32.4 Å². The molecule has 0 aliphatic carbocycles. The maximum absolute atomic E-state index is 12.3. The third-order valence-corrected chi connectivity index (χ3v) is 4.00. The summed E-state index contributed by atoms with van der Waals surface area (Å²) in [6, 6.07) is 12.0. The number of methoxy groups -OCH3 is 1. The van der Waals surface area contributed by atoms with Crippen molar-refractivity contribution in [2.24, 2.45) is 0 Å². The van der Waals surface area contributed by atoms with Gasteiger partial charge < -0.3 is 19.2 Å². The molecular weight excluding hydrogens is 336 g/mol. The van der Waals surface area contributed by atoms with Gasteiger partial charge in [0.05, 0.1) is 12.7 Å². The number of hydrogen-bond acceptors (Lipinski definition) is 6. The Morgan fingerprint density at radius 3 is 2.65 bits per heavy atom. The van der Waals surface area contributed by atoms with E-state index in [0.717, 1.165) is 0 Å². The molecule has 1 aromatic heterocycles. The number of esters is 1. The van der Waals surface area contributed by atoms with Gasteiger partial charge >= 0.3 is 5.97 Å². The summed E-state index contributed by atoms with van der Waals surface area (Å²) < 4.78 is 15.8. The molecule has 1 aromatic carbocycles. The Morgan fingerprint density at radius 1 is 1.27 bits per heavy atom. The number of para-hydroxylation sites is 1. The van der Waals surface area contributed by atoms with Crippen molar-refractivity contribution >= 4 is 11.9 Å². The highest BCUT2D eigenvalue weighted by molar-refractivity contribution is 5.96. The molecule has 0 saturated carbocycles. The molecule has 0 aliphatic heterocycles. The van der Waals surface area contributed by atoms with Crippen LogP contribution in [0.15, 0.2) is 40.8 Å². The van der Waals surface area contributed by atoms with E-state index < -0.39 is 17.4 Å². The quantitative estimate of drug-likeness (QED) is 0.766. The van der Waals surface area contributed by atoms with Crippen LogP contribution in [0.2, 0.25) is 0 Å². The zero-order valence-electron chi connectivity index (χ0n) is 14.9. The van der Waals surface area contributed by atoms with Gasteiger partial charge in [0.25, 0.3) is 5.91 Å². The number of furan rings is 1. The first-order chi connectivity index (χ1) is 12.4. The summed E-state index contributed by atoms with van der Waals surface area (Å²) >= 11 is 0. The molecule has 0 spiro atoms. The second kappa shape index (κ2) is 8.21. The molecule has 1 heterocycles. The van der Waals surface area contributed by atoms with Gasteiger partial charge in [-0.1, -0.05) is 19.1 Å². The number of rotatable bonds is 7. The van der Waals surface area contributed by atoms with Crippen molar-refractivity contribution in [3.05, 3.63) is 53.5 Å². The van der Waals surface area contributed by atoms with Crippen LogP contribution in [0, 0.1) is 11.3 Å². The number of carbonyl (C=O) groups excluding carboxylic acids is 2. The molecule has 0 aliphatic rings. The lowest BCUT2D eigenvalue weighted by atomic mass is 9.99. The average Bonchev–Trinajstić information content (AvgIpc) is 3.14. The molecule has 2 rings (SSSR count). The molecule has 7 nitrogen and oxygen atoms in total. The lowest BCUT2D eigenvalue weighted by Gasteiger charge is -2.25. The molecule has 1 amide bonds. The minimum atomic E-state index is -1.14. The first-order valence-electron chi connectivity index (χ1n) is 8.05. The summed E-state index contributed by atoms with van der Waals surface area (Å²) in [5.74, 6) is -0.151. The van der Waals surface area contributed by atoms with E-state index in [9.17, 15) is 9.59 Å². The van der Waals surface area contributed by atoms with Crippen LogP contribution in [-0.2, 0) is 16.1 Å². The number of nitriles is 1. The van der Waals surface area contributed by atoms with Crippen molar-refractivity contribution in [1.82, 2.24) is 5.32 Å². The SMILES string of the molecule is CC[C@](C)(NC(=O)c1ccc(COc2ccccc2C#N)o1)C(=O)OC. The Kier molecular flexibility index (Phi) is 6.02. The molecule has 0 fully saturated rings. The number of ether oxygens (including phenoxy) is 2. The molecule has 136 valence electrons. The van der Waals surface area contributed by atoms with E-state index >= 15 is 0 Å². The number of amides is 1. The minimum Gasteiger partial charge on any atom is -0.484 e. The number of hydrogen-bond donors (Lipinski definition) is 1. The highest BCUT2D eigenvalue weighted by atomic mass is 16.5. The Bertz CT molecular complexity index is 836. The van der Waals surface area contributed by atoms with Gasteiger partial charge in [0.2, 0.25) is 0 Å². The maximum Gasteiger partial charge on any atom is 0.331 e. The van der Waals surface area contributed by atoms with Crippen LogP contribution >= 0.6 is 0 Å². The van der Waals surface area contributed by atoms with E-state index in [1.165, 1.54) is 13.2 Å². The van der Waals surface area contributed by atoms with Crippen LogP contribution in [0.1, 0.15) is 42.1 Å². The molecular formula is C19H20N2O5.